The molecule has 48 heavy (non-hydrogen) atoms. The highest BCUT2D eigenvalue weighted by Gasteiger charge is 2.56. The van der Waals surface area contributed by atoms with Gasteiger partial charge in [0.05, 0.1) is 18.4 Å². The van der Waals surface area contributed by atoms with Gasteiger partial charge in [0, 0.05) is 10.8 Å². The van der Waals surface area contributed by atoms with Gasteiger partial charge in [0.25, 0.3) is 5.91 Å². The standard InChI is InChI=1S/C30H27F3N2O10S3/c1-19(45-48(41,42)30(31,32)33)26(29(38)44-18-21-13-15-22(43-2)16-14-21)35-27(37)25(34-24(36)17-20-9-5-3-6-10-20)28(35)46-47(39,40)23-11-7-4-8-12-23/h3-16,25,28H,17-18H2,1-2H3,(H,34,36)/b26-19+/t25-,28-/m1/s1. The summed E-state index contributed by atoms with van der Waals surface area (Å²) in [6.07, 6.45) is -0.230. The van der Waals surface area contributed by atoms with E-state index in [1.807, 2.05) is 0 Å². The van der Waals surface area contributed by atoms with Gasteiger partial charge >= 0.3 is 21.6 Å². The Morgan fingerprint density at radius 1 is 0.896 bits per heavy atom. The van der Waals surface area contributed by atoms with Crippen LogP contribution in [0.3, 0.4) is 0 Å². The van der Waals surface area contributed by atoms with Crippen molar-refractivity contribution in [2.45, 2.75) is 41.8 Å². The third-order valence-electron chi connectivity index (χ3n) is 6.64. The zero-order valence-electron chi connectivity index (χ0n) is 25.0. The number of methoxy groups -OCH3 is 1. The maximum Gasteiger partial charge on any atom is 0.534 e. The number of β-lactam (4-membered cyclic amide) rings is 1. The second kappa shape index (κ2) is 14.7. The molecule has 18 heteroatoms. The van der Waals surface area contributed by atoms with Crippen LogP contribution in [0.4, 0.5) is 13.2 Å². The molecule has 1 aliphatic heterocycles. The predicted molar refractivity (Wildman–Crippen MR) is 165 cm³/mol. The minimum atomic E-state index is -6.36. The van der Waals surface area contributed by atoms with Gasteiger partial charge in [0.2, 0.25) is 14.8 Å². The summed E-state index contributed by atoms with van der Waals surface area (Å²) in [7, 11) is -9.21. The number of hydrogen-bond acceptors (Lipinski definition) is 11. The number of esters is 1. The third-order valence-corrected chi connectivity index (χ3v) is 11.4. The Bertz CT molecular complexity index is 1900. The Morgan fingerprint density at radius 3 is 2.04 bits per heavy atom. The van der Waals surface area contributed by atoms with E-state index in [4.69, 9.17) is 9.47 Å². The van der Waals surface area contributed by atoms with Crippen molar-refractivity contribution in [3.8, 4) is 5.75 Å². The fraction of sp³-hybridized carbons (Fsp3) is 0.233. The molecule has 1 aliphatic rings. The molecule has 256 valence electrons. The molecule has 0 saturated carbocycles. The molecule has 2 amide bonds. The predicted octanol–water partition coefficient (Wildman–Crippen LogP) is 3.85. The van der Waals surface area contributed by atoms with Crippen LogP contribution < -0.4 is 10.1 Å². The lowest BCUT2D eigenvalue weighted by atomic mass is 10.0. The summed E-state index contributed by atoms with van der Waals surface area (Å²) in [5.74, 6) is -4.18. The summed E-state index contributed by atoms with van der Waals surface area (Å²) in [5.41, 5.74) is -6.15. The molecule has 0 bridgehead atoms. The SMILES string of the molecule is COc1ccc(COC(=O)/C(=C(/C)OS(=O)(=O)C(F)(F)F)N2C(=O)[C@@H](NC(=O)Cc3ccccc3)[C@H]2SS(=O)(=O)c2ccccc2)cc1. The number of carbonyl (C=O) groups is 3. The summed E-state index contributed by atoms with van der Waals surface area (Å²) in [4.78, 5) is 40.1. The Morgan fingerprint density at radius 2 is 1.48 bits per heavy atom. The van der Waals surface area contributed by atoms with Gasteiger partial charge < -0.3 is 19.0 Å². The van der Waals surface area contributed by atoms with Gasteiger partial charge in [-0.1, -0.05) is 60.7 Å². The number of nitrogens with zero attached hydrogens (tertiary/aromatic N) is 1. The van der Waals surface area contributed by atoms with E-state index in [1.54, 1.807) is 30.3 Å². The van der Waals surface area contributed by atoms with E-state index in [0.29, 0.717) is 28.7 Å². The topological polar surface area (TPSA) is 162 Å². The summed E-state index contributed by atoms with van der Waals surface area (Å²) >= 11 is 0. The first-order valence-corrected chi connectivity index (χ1v) is 18.0. The molecule has 0 spiro atoms. The molecule has 2 atom stereocenters. The number of amides is 2. The van der Waals surface area contributed by atoms with Crippen LogP contribution in [0.1, 0.15) is 18.1 Å². The maximum atomic E-state index is 13.6. The molecular formula is C30H27F3N2O10S3. The fourth-order valence-electron chi connectivity index (χ4n) is 4.31. The van der Waals surface area contributed by atoms with E-state index in [0.717, 1.165) is 0 Å². The molecular weight excluding hydrogens is 702 g/mol. The van der Waals surface area contributed by atoms with Crippen molar-refractivity contribution < 1.29 is 58.0 Å². The number of allylic oxidation sites excluding steroid dienone is 1. The minimum Gasteiger partial charge on any atom is -0.497 e. The second-order valence-electron chi connectivity index (χ2n) is 9.98. The number of rotatable bonds is 13. The van der Waals surface area contributed by atoms with Crippen molar-refractivity contribution in [2.75, 3.05) is 7.11 Å². The van der Waals surface area contributed by atoms with Crippen LogP contribution in [0.2, 0.25) is 0 Å². The number of ether oxygens (including phenoxy) is 2. The quantitative estimate of drug-likeness (QED) is 0.0518. The molecule has 0 aliphatic carbocycles. The van der Waals surface area contributed by atoms with Gasteiger partial charge in [0.1, 0.15) is 29.5 Å². The van der Waals surface area contributed by atoms with E-state index >= 15 is 0 Å². The summed E-state index contributed by atoms with van der Waals surface area (Å²) in [6, 6.07) is 19.5. The lowest BCUT2D eigenvalue weighted by Crippen LogP contribution is -2.70. The van der Waals surface area contributed by atoms with Gasteiger partial charge in [-0.2, -0.15) is 21.6 Å². The minimum absolute atomic E-state index is 0.0948. The van der Waals surface area contributed by atoms with E-state index < -0.39 is 71.8 Å². The van der Waals surface area contributed by atoms with Crippen LogP contribution in [0, 0.1) is 0 Å². The van der Waals surface area contributed by atoms with Crippen molar-refractivity contribution in [1.29, 1.82) is 0 Å². The Balaban J connectivity index is 1.73. The van der Waals surface area contributed by atoms with Crippen LogP contribution in [0.25, 0.3) is 0 Å². The van der Waals surface area contributed by atoms with Crippen molar-refractivity contribution >= 4 is 47.6 Å². The van der Waals surface area contributed by atoms with Crippen molar-refractivity contribution in [1.82, 2.24) is 10.2 Å². The highest BCUT2D eigenvalue weighted by molar-refractivity contribution is 8.72. The zero-order valence-corrected chi connectivity index (χ0v) is 27.5. The summed E-state index contributed by atoms with van der Waals surface area (Å²) in [6.45, 7) is 0.153. The molecule has 3 aromatic rings. The molecule has 1 fully saturated rings. The largest absolute Gasteiger partial charge is 0.534 e. The first kappa shape index (κ1) is 36.3. The Kier molecular flexibility index (Phi) is 11.1. The molecule has 1 heterocycles. The summed E-state index contributed by atoms with van der Waals surface area (Å²) in [5, 5.41) is 0.705. The summed E-state index contributed by atoms with van der Waals surface area (Å²) < 4.78 is 105. The molecule has 12 nitrogen and oxygen atoms in total. The van der Waals surface area contributed by atoms with Gasteiger partial charge in [-0.3, -0.25) is 14.5 Å². The van der Waals surface area contributed by atoms with Crippen molar-refractivity contribution in [3.05, 3.63) is 108 Å². The number of likely N-dealkylation sites (tertiary alicyclic amines) is 1. The van der Waals surface area contributed by atoms with E-state index in [9.17, 15) is 44.4 Å². The Labute approximate surface area is 277 Å². The average Bonchev–Trinajstić information content (AvgIpc) is 3.04. The molecule has 4 rings (SSSR count). The Hall–Kier alpha value is -4.55. The van der Waals surface area contributed by atoms with Crippen LogP contribution in [0.5, 0.6) is 5.75 Å². The van der Waals surface area contributed by atoms with Gasteiger partial charge in [0.15, 0.2) is 5.70 Å². The van der Waals surface area contributed by atoms with Crippen LogP contribution in [-0.2, 0) is 55.3 Å². The van der Waals surface area contributed by atoms with Gasteiger partial charge in [-0.05, 0) is 42.3 Å². The number of alkyl halides is 3. The number of carbonyl (C=O) groups excluding carboxylic acids is 3. The first-order valence-electron chi connectivity index (χ1n) is 13.7. The first-order chi connectivity index (χ1) is 22.5. The van der Waals surface area contributed by atoms with E-state index in [-0.39, 0.29) is 22.1 Å². The van der Waals surface area contributed by atoms with Gasteiger partial charge in [-0.25, -0.2) is 13.2 Å². The number of hydrogen-bond donors (Lipinski definition) is 1. The lowest BCUT2D eigenvalue weighted by Gasteiger charge is -2.46. The highest BCUT2D eigenvalue weighted by Crippen LogP contribution is 2.41. The smallest absolute Gasteiger partial charge is 0.497 e. The molecule has 3 aromatic carbocycles. The number of nitrogens with one attached hydrogen (secondary N) is 1. The van der Waals surface area contributed by atoms with E-state index in [1.165, 1.54) is 61.7 Å². The highest BCUT2D eigenvalue weighted by atomic mass is 33.1. The average molecular weight is 729 g/mol. The van der Waals surface area contributed by atoms with E-state index in [2.05, 4.69) is 9.50 Å². The van der Waals surface area contributed by atoms with Crippen LogP contribution in [-0.4, -0.2) is 63.6 Å². The van der Waals surface area contributed by atoms with Crippen molar-refractivity contribution in [3.63, 3.8) is 0 Å². The number of halogens is 3. The fourth-order valence-corrected chi connectivity index (χ4v) is 8.31. The van der Waals surface area contributed by atoms with Crippen molar-refractivity contribution in [2.24, 2.45) is 0 Å². The number of benzene rings is 3. The third kappa shape index (κ3) is 8.48. The normalized spacial score (nSPS) is 17.1. The molecule has 1 saturated heterocycles. The van der Waals surface area contributed by atoms with Gasteiger partial charge in [-0.15, -0.1) is 0 Å². The lowest BCUT2D eigenvalue weighted by molar-refractivity contribution is -0.153. The maximum absolute atomic E-state index is 13.6. The van der Waals surface area contributed by atoms with Crippen LogP contribution in [0.15, 0.2) is 101 Å². The molecule has 1 N–H and O–H groups in total. The monoisotopic (exact) mass is 728 g/mol. The molecule has 0 aromatic heterocycles. The zero-order chi connectivity index (χ0) is 35.3. The molecule has 0 unspecified atom stereocenters. The second-order valence-corrected chi connectivity index (χ2v) is 15.5. The molecule has 0 radical (unpaired) electrons. The van der Waals surface area contributed by atoms with Crippen LogP contribution >= 0.6 is 10.8 Å².